The quantitative estimate of drug-likeness (QED) is 0.932. The maximum absolute atomic E-state index is 12.2. The second-order valence-electron chi connectivity index (χ2n) is 4.65. The largest absolute Gasteiger partial charge is 0.305 e. The lowest BCUT2D eigenvalue weighted by molar-refractivity contribution is 0.102. The second-order valence-corrected chi connectivity index (χ2v) is 5.85. The molecule has 2 aromatic rings. The summed E-state index contributed by atoms with van der Waals surface area (Å²) in [6, 6.07) is 0. The van der Waals surface area contributed by atoms with Crippen LogP contribution in [0.15, 0.2) is 18.6 Å². The van der Waals surface area contributed by atoms with E-state index in [0.717, 1.165) is 17.1 Å². The van der Waals surface area contributed by atoms with Gasteiger partial charge in [0.2, 0.25) is 0 Å². The van der Waals surface area contributed by atoms with E-state index in [4.69, 9.17) is 0 Å². The van der Waals surface area contributed by atoms with Gasteiger partial charge in [0.05, 0.1) is 16.9 Å². The second kappa shape index (κ2) is 5.88. The third-order valence-electron chi connectivity index (χ3n) is 2.42. The Morgan fingerprint density at radius 2 is 2.21 bits per heavy atom. The zero-order valence-corrected chi connectivity index (χ0v) is 12.0. The molecule has 0 aliphatic carbocycles. The Hall–Kier alpha value is -1.82. The molecule has 0 spiro atoms. The lowest BCUT2D eigenvalue weighted by Gasteiger charge is -2.05. The summed E-state index contributed by atoms with van der Waals surface area (Å²) in [5.41, 5.74) is 0.860. The Labute approximate surface area is 116 Å². The summed E-state index contributed by atoms with van der Waals surface area (Å²) in [6.45, 7) is 6.13. The third kappa shape index (κ3) is 3.57. The molecule has 0 saturated heterocycles. The molecule has 2 heterocycles. The maximum Gasteiger partial charge on any atom is 0.268 e. The summed E-state index contributed by atoms with van der Waals surface area (Å²) in [4.78, 5) is 25.3. The average Bonchev–Trinajstić information content (AvgIpc) is 2.70. The van der Waals surface area contributed by atoms with E-state index >= 15 is 0 Å². The summed E-state index contributed by atoms with van der Waals surface area (Å²) >= 11 is 1.41. The van der Waals surface area contributed by atoms with Crippen molar-refractivity contribution in [2.24, 2.45) is 5.92 Å². The predicted octanol–water partition coefficient (Wildman–Crippen LogP) is 2.69. The van der Waals surface area contributed by atoms with Gasteiger partial charge in [0, 0.05) is 12.4 Å². The van der Waals surface area contributed by atoms with E-state index in [1.807, 2.05) is 6.92 Å². The number of aryl methyl sites for hydroxylation is 1. The van der Waals surface area contributed by atoms with Gasteiger partial charge in [-0.25, -0.2) is 9.97 Å². The van der Waals surface area contributed by atoms with E-state index in [0.29, 0.717) is 16.6 Å². The van der Waals surface area contributed by atoms with Crippen molar-refractivity contribution in [3.05, 3.63) is 34.2 Å². The van der Waals surface area contributed by atoms with Gasteiger partial charge >= 0.3 is 0 Å². The Morgan fingerprint density at radius 3 is 2.84 bits per heavy atom. The minimum atomic E-state index is -0.165. The zero-order chi connectivity index (χ0) is 13.8. The fourth-order valence-electron chi connectivity index (χ4n) is 1.71. The molecule has 0 aliphatic rings. The van der Waals surface area contributed by atoms with Gasteiger partial charge in [-0.1, -0.05) is 13.8 Å². The summed E-state index contributed by atoms with van der Waals surface area (Å²) in [6.07, 6.45) is 5.43. The number of carbonyl (C=O) groups excluding carboxylic acids is 1. The van der Waals surface area contributed by atoms with Gasteiger partial charge in [-0.05, 0) is 19.3 Å². The Bertz CT molecular complexity index is 565. The molecule has 1 N–H and O–H groups in total. The van der Waals surface area contributed by atoms with Crippen LogP contribution in [0.2, 0.25) is 0 Å². The van der Waals surface area contributed by atoms with Crippen LogP contribution in [0.3, 0.4) is 0 Å². The number of hydrogen-bond acceptors (Lipinski definition) is 5. The van der Waals surface area contributed by atoms with Crippen molar-refractivity contribution in [3.63, 3.8) is 0 Å². The number of amides is 1. The fraction of sp³-hybridized carbons (Fsp3) is 0.385. The van der Waals surface area contributed by atoms with Gasteiger partial charge in [-0.3, -0.25) is 9.78 Å². The molecule has 0 saturated carbocycles. The van der Waals surface area contributed by atoms with Crippen LogP contribution in [0.4, 0.5) is 5.82 Å². The van der Waals surface area contributed by atoms with Crippen LogP contribution in [0.5, 0.6) is 0 Å². The molecule has 5 nitrogen and oxygen atoms in total. The minimum Gasteiger partial charge on any atom is -0.305 e. The molecular weight excluding hydrogens is 260 g/mol. The van der Waals surface area contributed by atoms with Crippen LogP contribution < -0.4 is 5.32 Å². The number of aromatic nitrogens is 3. The average molecular weight is 276 g/mol. The number of hydrogen-bond donors (Lipinski definition) is 1. The lowest BCUT2D eigenvalue weighted by atomic mass is 10.1. The molecule has 0 aromatic carbocycles. The van der Waals surface area contributed by atoms with E-state index in [1.54, 1.807) is 12.4 Å². The van der Waals surface area contributed by atoms with E-state index in [9.17, 15) is 4.79 Å². The molecule has 1 amide bonds. The van der Waals surface area contributed by atoms with Crippen LogP contribution in [-0.4, -0.2) is 20.9 Å². The highest BCUT2D eigenvalue weighted by Crippen LogP contribution is 2.21. The summed E-state index contributed by atoms with van der Waals surface area (Å²) < 4.78 is 0. The van der Waals surface area contributed by atoms with Gasteiger partial charge in [0.25, 0.3) is 5.91 Å². The highest BCUT2D eigenvalue weighted by atomic mass is 32.1. The molecule has 0 unspecified atom stereocenters. The monoisotopic (exact) mass is 276 g/mol. The summed E-state index contributed by atoms with van der Waals surface area (Å²) in [5.74, 6) is 0.750. The fourth-order valence-corrected chi connectivity index (χ4v) is 2.55. The van der Waals surface area contributed by atoms with Gasteiger partial charge in [0.1, 0.15) is 4.88 Å². The Morgan fingerprint density at radius 1 is 1.42 bits per heavy atom. The molecule has 6 heteroatoms. The number of rotatable bonds is 4. The first kappa shape index (κ1) is 13.6. The van der Waals surface area contributed by atoms with Crippen molar-refractivity contribution >= 4 is 23.1 Å². The van der Waals surface area contributed by atoms with Gasteiger partial charge < -0.3 is 5.32 Å². The van der Waals surface area contributed by atoms with Crippen molar-refractivity contribution in [2.75, 3.05) is 5.32 Å². The standard InChI is InChI=1S/C13H16N4OS/c1-8(2)6-10-12(19-9(3)16-10)13(18)17-11-7-14-4-5-15-11/h4-5,7-8H,6H2,1-3H3,(H,15,17,18). The molecule has 2 aromatic heterocycles. The SMILES string of the molecule is Cc1nc(CC(C)C)c(C(=O)Nc2cnccn2)s1. The number of thiazole rings is 1. The predicted molar refractivity (Wildman–Crippen MR) is 75.4 cm³/mol. The van der Waals surface area contributed by atoms with E-state index in [-0.39, 0.29) is 5.91 Å². The van der Waals surface area contributed by atoms with Crippen molar-refractivity contribution < 1.29 is 4.79 Å². The van der Waals surface area contributed by atoms with E-state index in [1.165, 1.54) is 17.5 Å². The lowest BCUT2D eigenvalue weighted by Crippen LogP contribution is -2.14. The zero-order valence-electron chi connectivity index (χ0n) is 11.2. The first-order valence-corrected chi connectivity index (χ1v) is 6.91. The first-order chi connectivity index (χ1) is 9.06. The van der Waals surface area contributed by atoms with Gasteiger partial charge in [-0.15, -0.1) is 11.3 Å². The van der Waals surface area contributed by atoms with E-state index < -0.39 is 0 Å². The molecule has 19 heavy (non-hydrogen) atoms. The number of nitrogens with zero attached hydrogens (tertiary/aromatic N) is 3. The molecule has 0 bridgehead atoms. The highest BCUT2D eigenvalue weighted by molar-refractivity contribution is 7.13. The number of anilines is 1. The molecule has 0 fully saturated rings. The Balaban J connectivity index is 2.19. The molecule has 100 valence electrons. The third-order valence-corrected chi connectivity index (χ3v) is 3.43. The maximum atomic E-state index is 12.2. The normalized spacial score (nSPS) is 10.7. The molecule has 2 rings (SSSR count). The number of carbonyl (C=O) groups is 1. The van der Waals surface area contributed by atoms with Crippen LogP contribution in [0, 0.1) is 12.8 Å². The van der Waals surface area contributed by atoms with Crippen molar-refractivity contribution in [3.8, 4) is 0 Å². The van der Waals surface area contributed by atoms with Gasteiger partial charge in [0.15, 0.2) is 5.82 Å². The summed E-state index contributed by atoms with van der Waals surface area (Å²) in [5, 5.41) is 3.65. The van der Waals surface area contributed by atoms with E-state index in [2.05, 4.69) is 34.1 Å². The van der Waals surface area contributed by atoms with Crippen molar-refractivity contribution in [2.45, 2.75) is 27.2 Å². The van der Waals surface area contributed by atoms with Crippen LogP contribution in [-0.2, 0) is 6.42 Å². The topological polar surface area (TPSA) is 67.8 Å². The minimum absolute atomic E-state index is 0.165. The van der Waals surface area contributed by atoms with Crippen molar-refractivity contribution in [1.82, 2.24) is 15.0 Å². The number of nitrogens with one attached hydrogen (secondary N) is 1. The van der Waals surface area contributed by atoms with Crippen molar-refractivity contribution in [1.29, 1.82) is 0 Å². The van der Waals surface area contributed by atoms with Crippen LogP contribution in [0.1, 0.15) is 34.2 Å². The Kier molecular flexibility index (Phi) is 4.21. The summed E-state index contributed by atoms with van der Waals surface area (Å²) in [7, 11) is 0. The molecular formula is C13H16N4OS. The molecule has 0 radical (unpaired) electrons. The molecule has 0 atom stereocenters. The molecule has 0 aliphatic heterocycles. The van der Waals surface area contributed by atoms with Gasteiger partial charge in [-0.2, -0.15) is 0 Å². The van der Waals surface area contributed by atoms with Crippen LogP contribution in [0.25, 0.3) is 0 Å². The van der Waals surface area contributed by atoms with Crippen LogP contribution >= 0.6 is 11.3 Å². The first-order valence-electron chi connectivity index (χ1n) is 6.10. The highest BCUT2D eigenvalue weighted by Gasteiger charge is 2.18. The smallest absolute Gasteiger partial charge is 0.268 e.